The lowest BCUT2D eigenvalue weighted by atomic mass is 10.2. The zero-order chi connectivity index (χ0) is 14.1. The minimum absolute atomic E-state index is 0.323. The monoisotopic (exact) mass is 280 g/mol. The summed E-state index contributed by atoms with van der Waals surface area (Å²) in [5, 5.41) is 10.3. The molecular formula is C16H9ClN2O. The average molecular weight is 281 g/mol. The Kier molecular flexibility index (Phi) is 3.02. The van der Waals surface area contributed by atoms with Crippen LogP contribution >= 0.6 is 11.6 Å². The van der Waals surface area contributed by atoms with E-state index >= 15 is 0 Å². The zero-order valence-electron chi connectivity index (χ0n) is 10.4. The van der Waals surface area contributed by atoms with Crippen molar-refractivity contribution in [2.45, 2.75) is 0 Å². The molecule has 0 fully saturated rings. The van der Waals surface area contributed by atoms with Crippen LogP contribution in [-0.2, 0) is 0 Å². The quantitative estimate of drug-likeness (QED) is 0.667. The van der Waals surface area contributed by atoms with Crippen molar-refractivity contribution >= 4 is 28.8 Å². The van der Waals surface area contributed by atoms with Crippen LogP contribution in [-0.4, -0.2) is 10.9 Å². The van der Waals surface area contributed by atoms with Crippen LogP contribution in [0.3, 0.4) is 0 Å². The molecule has 0 aliphatic carbocycles. The number of aldehydes is 1. The van der Waals surface area contributed by atoms with Gasteiger partial charge in [0.15, 0.2) is 6.29 Å². The van der Waals surface area contributed by atoms with Crippen LogP contribution in [0.15, 0.2) is 48.5 Å². The second-order valence-corrected chi connectivity index (χ2v) is 4.66. The molecule has 0 spiro atoms. The average Bonchev–Trinajstić information content (AvgIpc) is 2.78. The van der Waals surface area contributed by atoms with Gasteiger partial charge < -0.3 is 0 Å². The van der Waals surface area contributed by atoms with Gasteiger partial charge >= 0.3 is 0 Å². The second-order valence-electron chi connectivity index (χ2n) is 4.30. The summed E-state index contributed by atoms with van der Waals surface area (Å²) in [5.74, 6) is 0. The van der Waals surface area contributed by atoms with E-state index in [1.165, 1.54) is 0 Å². The number of nitriles is 1. The maximum atomic E-state index is 11.3. The smallest absolute Gasteiger partial charge is 0.153 e. The van der Waals surface area contributed by atoms with E-state index in [4.69, 9.17) is 11.6 Å². The summed E-state index contributed by atoms with van der Waals surface area (Å²) in [4.78, 5) is 11.3. The minimum Gasteiger partial charge on any atom is -0.298 e. The third kappa shape index (κ3) is 1.70. The predicted octanol–water partition coefficient (Wildman–Crippen LogP) is 3.97. The van der Waals surface area contributed by atoms with Crippen molar-refractivity contribution in [3.63, 3.8) is 0 Å². The van der Waals surface area contributed by atoms with Gasteiger partial charge in [-0.1, -0.05) is 41.9 Å². The fourth-order valence-electron chi connectivity index (χ4n) is 2.34. The Morgan fingerprint density at radius 1 is 1.10 bits per heavy atom. The van der Waals surface area contributed by atoms with Gasteiger partial charge in [-0.15, -0.1) is 0 Å². The molecule has 0 atom stereocenters. The SMILES string of the molecule is N#Cc1ccccc1-n1c(Cl)c(C=O)c2ccccc21. The number of rotatable bonds is 2. The number of fused-ring (bicyclic) bond motifs is 1. The van der Waals surface area contributed by atoms with Gasteiger partial charge in [0.1, 0.15) is 11.2 Å². The molecule has 3 rings (SSSR count). The highest BCUT2D eigenvalue weighted by atomic mass is 35.5. The summed E-state index contributed by atoms with van der Waals surface area (Å²) >= 11 is 6.34. The number of nitrogens with zero attached hydrogens (tertiary/aromatic N) is 2. The zero-order valence-corrected chi connectivity index (χ0v) is 11.1. The highest BCUT2D eigenvalue weighted by Crippen LogP contribution is 2.32. The summed E-state index contributed by atoms with van der Waals surface area (Å²) < 4.78 is 1.74. The molecule has 0 saturated heterocycles. The van der Waals surface area contributed by atoms with E-state index in [2.05, 4.69) is 6.07 Å². The highest BCUT2D eigenvalue weighted by Gasteiger charge is 2.17. The molecule has 96 valence electrons. The second kappa shape index (κ2) is 4.84. The standard InChI is InChI=1S/C16H9ClN2O/c17-16-13(10-20)12-6-2-4-8-15(12)19(16)14-7-3-1-5-11(14)9-18/h1-8,10H. The molecule has 0 N–H and O–H groups in total. The van der Waals surface area contributed by atoms with Crippen molar-refractivity contribution in [1.29, 1.82) is 5.26 Å². The van der Waals surface area contributed by atoms with Gasteiger partial charge in [0.05, 0.1) is 22.3 Å². The van der Waals surface area contributed by atoms with E-state index < -0.39 is 0 Å². The van der Waals surface area contributed by atoms with Gasteiger partial charge in [-0.2, -0.15) is 5.26 Å². The molecule has 1 aromatic heterocycles. The molecule has 0 aliphatic heterocycles. The minimum atomic E-state index is 0.323. The summed E-state index contributed by atoms with van der Waals surface area (Å²) in [7, 11) is 0. The van der Waals surface area contributed by atoms with Gasteiger partial charge in [0, 0.05) is 5.39 Å². The Morgan fingerprint density at radius 2 is 1.80 bits per heavy atom. The molecule has 0 bridgehead atoms. The first kappa shape index (κ1) is 12.5. The summed E-state index contributed by atoms with van der Waals surface area (Å²) in [6, 6.07) is 16.8. The molecule has 0 aliphatic rings. The molecule has 0 unspecified atom stereocenters. The van der Waals surface area contributed by atoms with Crippen LogP contribution in [0.4, 0.5) is 0 Å². The Labute approximate surface area is 120 Å². The van der Waals surface area contributed by atoms with Gasteiger partial charge in [-0.25, -0.2) is 0 Å². The van der Waals surface area contributed by atoms with E-state index in [9.17, 15) is 10.1 Å². The summed E-state index contributed by atoms with van der Waals surface area (Å²) in [6.07, 6.45) is 0.746. The Bertz CT molecular complexity index is 859. The van der Waals surface area contributed by atoms with Crippen LogP contribution in [0, 0.1) is 11.3 Å². The summed E-state index contributed by atoms with van der Waals surface area (Å²) in [5.41, 5.74) is 2.43. The number of benzene rings is 2. The van der Waals surface area contributed by atoms with E-state index in [0.717, 1.165) is 17.2 Å². The van der Waals surface area contributed by atoms with E-state index in [1.54, 1.807) is 16.7 Å². The van der Waals surface area contributed by atoms with Crippen LogP contribution in [0.5, 0.6) is 0 Å². The number of hydrogen-bond donors (Lipinski definition) is 0. The molecule has 3 nitrogen and oxygen atoms in total. The van der Waals surface area contributed by atoms with Gasteiger partial charge in [-0.3, -0.25) is 9.36 Å². The molecule has 20 heavy (non-hydrogen) atoms. The number of carbonyl (C=O) groups is 1. The van der Waals surface area contributed by atoms with E-state index in [-0.39, 0.29) is 0 Å². The van der Waals surface area contributed by atoms with Gasteiger partial charge in [0.2, 0.25) is 0 Å². The maximum Gasteiger partial charge on any atom is 0.153 e. The van der Waals surface area contributed by atoms with Crippen LogP contribution in [0.1, 0.15) is 15.9 Å². The lowest BCUT2D eigenvalue weighted by Crippen LogP contribution is -1.97. The highest BCUT2D eigenvalue weighted by molar-refractivity contribution is 6.34. The third-order valence-corrected chi connectivity index (χ3v) is 3.61. The largest absolute Gasteiger partial charge is 0.298 e. The van der Waals surface area contributed by atoms with Gasteiger partial charge in [0.25, 0.3) is 0 Å². The molecule has 3 aromatic rings. The maximum absolute atomic E-state index is 11.3. The molecule has 0 saturated carbocycles. The molecule has 1 heterocycles. The first-order valence-electron chi connectivity index (χ1n) is 6.01. The van der Waals surface area contributed by atoms with Crippen LogP contribution < -0.4 is 0 Å². The molecule has 0 radical (unpaired) electrons. The molecular weight excluding hydrogens is 272 g/mol. The van der Waals surface area contributed by atoms with Crippen molar-refractivity contribution in [2.24, 2.45) is 0 Å². The first-order chi connectivity index (χ1) is 9.77. The van der Waals surface area contributed by atoms with E-state index in [0.29, 0.717) is 22.0 Å². The lowest BCUT2D eigenvalue weighted by Gasteiger charge is -2.08. The van der Waals surface area contributed by atoms with Crippen molar-refractivity contribution in [3.05, 3.63) is 64.8 Å². The fourth-order valence-corrected chi connectivity index (χ4v) is 2.67. The Balaban J connectivity index is 2.46. The fraction of sp³-hybridized carbons (Fsp3) is 0. The van der Waals surface area contributed by atoms with Crippen LogP contribution in [0.25, 0.3) is 16.6 Å². The normalized spacial score (nSPS) is 10.4. The van der Waals surface area contributed by atoms with Crippen molar-refractivity contribution in [2.75, 3.05) is 0 Å². The number of para-hydroxylation sites is 2. The number of aromatic nitrogens is 1. The molecule has 4 heteroatoms. The number of carbonyl (C=O) groups excluding carboxylic acids is 1. The van der Waals surface area contributed by atoms with Gasteiger partial charge in [-0.05, 0) is 18.2 Å². The topological polar surface area (TPSA) is 45.8 Å². The summed E-state index contributed by atoms with van der Waals surface area (Å²) in [6.45, 7) is 0. The van der Waals surface area contributed by atoms with Crippen LogP contribution in [0.2, 0.25) is 5.15 Å². The number of hydrogen-bond acceptors (Lipinski definition) is 2. The van der Waals surface area contributed by atoms with Crippen molar-refractivity contribution < 1.29 is 4.79 Å². The molecule has 2 aromatic carbocycles. The van der Waals surface area contributed by atoms with E-state index in [1.807, 2.05) is 36.4 Å². The first-order valence-corrected chi connectivity index (χ1v) is 6.39. The third-order valence-electron chi connectivity index (χ3n) is 3.24. The van der Waals surface area contributed by atoms with Crippen molar-refractivity contribution in [1.82, 2.24) is 4.57 Å². The Morgan fingerprint density at radius 3 is 2.55 bits per heavy atom. The lowest BCUT2D eigenvalue weighted by molar-refractivity contribution is 0.112. The predicted molar refractivity (Wildman–Crippen MR) is 78.4 cm³/mol. The molecule has 0 amide bonds. The number of halogens is 1. The Hall–Kier alpha value is -2.57. The van der Waals surface area contributed by atoms with Crippen molar-refractivity contribution in [3.8, 4) is 11.8 Å².